The maximum atomic E-state index is 9.16. The number of hydrogen-bond donors (Lipinski definition) is 2. The number of benzene rings is 1. The molecule has 1 N–H and O–H groups in total. The SMILES string of the molecule is CS.Oc1ccc(C2CCCCC2)cc1. The van der Waals surface area contributed by atoms with Crippen molar-refractivity contribution in [3.05, 3.63) is 29.8 Å². The second-order valence-corrected chi connectivity index (χ2v) is 3.93. The fraction of sp³-hybridized carbons (Fsp3) is 0.538. The Morgan fingerprint density at radius 3 is 2.07 bits per heavy atom. The summed E-state index contributed by atoms with van der Waals surface area (Å²) >= 11 is 3.53. The molecular weight excluding hydrogens is 204 g/mol. The normalized spacial score (nSPS) is 16.7. The molecule has 15 heavy (non-hydrogen) atoms. The van der Waals surface area contributed by atoms with Gasteiger partial charge in [0, 0.05) is 0 Å². The predicted octanol–water partition coefficient (Wildman–Crippen LogP) is 3.99. The van der Waals surface area contributed by atoms with Gasteiger partial charge >= 0.3 is 0 Å². The van der Waals surface area contributed by atoms with Gasteiger partial charge in [-0.2, -0.15) is 12.6 Å². The molecule has 1 nitrogen and oxygen atoms in total. The number of hydrogen-bond acceptors (Lipinski definition) is 2. The van der Waals surface area contributed by atoms with Gasteiger partial charge in [0.05, 0.1) is 0 Å². The largest absolute Gasteiger partial charge is 0.508 e. The van der Waals surface area contributed by atoms with Crippen LogP contribution in [0.3, 0.4) is 0 Å². The molecule has 0 radical (unpaired) electrons. The Hall–Kier alpha value is -0.630. The third kappa shape index (κ3) is 3.78. The molecule has 0 aliphatic heterocycles. The van der Waals surface area contributed by atoms with E-state index in [9.17, 15) is 0 Å². The third-order valence-corrected chi connectivity index (χ3v) is 2.97. The van der Waals surface area contributed by atoms with Crippen LogP contribution in [0.25, 0.3) is 0 Å². The van der Waals surface area contributed by atoms with Crippen LogP contribution in [-0.4, -0.2) is 11.4 Å². The minimum Gasteiger partial charge on any atom is -0.508 e. The number of phenols is 1. The number of rotatable bonds is 1. The number of phenolic OH excluding ortho intramolecular Hbond substituents is 1. The molecule has 1 aromatic carbocycles. The summed E-state index contributed by atoms with van der Waals surface area (Å²) in [6.45, 7) is 0. The van der Waals surface area contributed by atoms with Crippen LogP contribution in [-0.2, 0) is 0 Å². The molecule has 0 heterocycles. The van der Waals surface area contributed by atoms with Crippen molar-refractivity contribution < 1.29 is 5.11 Å². The number of aromatic hydroxyl groups is 1. The van der Waals surface area contributed by atoms with Gasteiger partial charge in [0.2, 0.25) is 0 Å². The van der Waals surface area contributed by atoms with Gasteiger partial charge in [0.25, 0.3) is 0 Å². The molecule has 1 saturated carbocycles. The lowest BCUT2D eigenvalue weighted by molar-refractivity contribution is 0.442. The van der Waals surface area contributed by atoms with Gasteiger partial charge in [-0.3, -0.25) is 0 Å². The second kappa shape index (κ2) is 6.78. The van der Waals surface area contributed by atoms with Crippen LogP contribution < -0.4 is 0 Å². The van der Waals surface area contributed by atoms with Crippen LogP contribution in [0.5, 0.6) is 5.75 Å². The van der Waals surface area contributed by atoms with Gasteiger partial charge in [-0.05, 0) is 42.7 Å². The zero-order valence-electron chi connectivity index (χ0n) is 9.32. The molecule has 1 aromatic rings. The first kappa shape index (κ1) is 12.4. The zero-order chi connectivity index (χ0) is 11.1. The van der Waals surface area contributed by atoms with Crippen molar-refractivity contribution in [2.45, 2.75) is 38.0 Å². The standard InChI is InChI=1S/C12H16O.CH4S/c13-12-8-6-11(7-9-12)10-4-2-1-3-5-10;1-2/h6-10,13H,1-5H2;2H,1H3. The van der Waals surface area contributed by atoms with Crippen molar-refractivity contribution in [2.75, 3.05) is 6.26 Å². The van der Waals surface area contributed by atoms with Crippen LogP contribution in [0.15, 0.2) is 24.3 Å². The first-order chi connectivity index (χ1) is 7.36. The van der Waals surface area contributed by atoms with Crippen molar-refractivity contribution in [3.63, 3.8) is 0 Å². The molecule has 0 atom stereocenters. The van der Waals surface area contributed by atoms with Crippen molar-refractivity contribution in [2.24, 2.45) is 0 Å². The Morgan fingerprint density at radius 2 is 1.53 bits per heavy atom. The maximum Gasteiger partial charge on any atom is 0.115 e. The van der Waals surface area contributed by atoms with E-state index < -0.39 is 0 Å². The molecule has 84 valence electrons. The lowest BCUT2D eigenvalue weighted by Gasteiger charge is -2.21. The van der Waals surface area contributed by atoms with E-state index in [1.807, 2.05) is 0 Å². The van der Waals surface area contributed by atoms with Gasteiger partial charge in [0.15, 0.2) is 0 Å². The first-order valence-corrected chi connectivity index (χ1v) is 6.49. The molecule has 0 bridgehead atoms. The second-order valence-electron chi connectivity index (χ2n) is 3.93. The predicted molar refractivity (Wildman–Crippen MR) is 68.8 cm³/mol. The van der Waals surface area contributed by atoms with E-state index in [1.54, 1.807) is 18.4 Å². The van der Waals surface area contributed by atoms with Crippen LogP contribution in [0, 0.1) is 0 Å². The zero-order valence-corrected chi connectivity index (χ0v) is 10.2. The lowest BCUT2D eigenvalue weighted by atomic mass is 9.84. The van der Waals surface area contributed by atoms with Crippen molar-refractivity contribution in [3.8, 4) is 5.75 Å². The average Bonchev–Trinajstić information content (AvgIpc) is 2.34. The van der Waals surface area contributed by atoms with Gasteiger partial charge in [-0.1, -0.05) is 31.4 Å². The summed E-state index contributed by atoms with van der Waals surface area (Å²) in [6, 6.07) is 7.71. The van der Waals surface area contributed by atoms with Crippen LogP contribution >= 0.6 is 12.6 Å². The summed E-state index contributed by atoms with van der Waals surface area (Å²) in [7, 11) is 0. The van der Waals surface area contributed by atoms with E-state index in [2.05, 4.69) is 24.8 Å². The Bertz CT molecular complexity index is 262. The Kier molecular flexibility index (Phi) is 5.62. The maximum absolute atomic E-state index is 9.16. The first-order valence-electron chi connectivity index (χ1n) is 5.60. The molecule has 2 rings (SSSR count). The van der Waals surface area contributed by atoms with Gasteiger partial charge in [-0.15, -0.1) is 0 Å². The van der Waals surface area contributed by atoms with Gasteiger partial charge < -0.3 is 5.11 Å². The summed E-state index contributed by atoms with van der Waals surface area (Å²) in [5, 5.41) is 9.16. The van der Waals surface area contributed by atoms with Crippen LogP contribution in [0.4, 0.5) is 0 Å². The topological polar surface area (TPSA) is 20.2 Å². The summed E-state index contributed by atoms with van der Waals surface area (Å²) in [5.74, 6) is 1.12. The molecule has 1 aliphatic carbocycles. The fourth-order valence-corrected chi connectivity index (χ4v) is 2.18. The average molecular weight is 224 g/mol. The van der Waals surface area contributed by atoms with Crippen LogP contribution in [0.2, 0.25) is 0 Å². The smallest absolute Gasteiger partial charge is 0.115 e. The van der Waals surface area contributed by atoms with Crippen molar-refractivity contribution in [1.29, 1.82) is 0 Å². The van der Waals surface area contributed by atoms with E-state index in [-0.39, 0.29) is 0 Å². The van der Waals surface area contributed by atoms with Crippen LogP contribution in [0.1, 0.15) is 43.6 Å². The molecule has 0 amide bonds. The van der Waals surface area contributed by atoms with E-state index in [0.29, 0.717) is 5.75 Å². The Morgan fingerprint density at radius 1 is 1.00 bits per heavy atom. The van der Waals surface area contributed by atoms with E-state index >= 15 is 0 Å². The van der Waals surface area contributed by atoms with Gasteiger partial charge in [0.1, 0.15) is 5.75 Å². The van der Waals surface area contributed by atoms with Crippen molar-refractivity contribution >= 4 is 12.6 Å². The Balaban J connectivity index is 0.000000531. The van der Waals surface area contributed by atoms with E-state index in [0.717, 1.165) is 5.92 Å². The monoisotopic (exact) mass is 224 g/mol. The highest BCUT2D eigenvalue weighted by Gasteiger charge is 2.14. The summed E-state index contributed by atoms with van der Waals surface area (Å²) in [4.78, 5) is 0. The molecule has 1 aliphatic rings. The molecule has 2 heteroatoms. The fourth-order valence-electron chi connectivity index (χ4n) is 2.18. The van der Waals surface area contributed by atoms with Crippen molar-refractivity contribution in [1.82, 2.24) is 0 Å². The lowest BCUT2D eigenvalue weighted by Crippen LogP contribution is -2.03. The third-order valence-electron chi connectivity index (χ3n) is 2.97. The highest BCUT2D eigenvalue weighted by Crippen LogP contribution is 2.32. The summed E-state index contributed by atoms with van der Waals surface area (Å²) in [5.41, 5.74) is 1.40. The molecule has 0 saturated heterocycles. The molecule has 1 fully saturated rings. The molecular formula is C13H20OS. The van der Waals surface area contributed by atoms with Gasteiger partial charge in [-0.25, -0.2) is 0 Å². The van der Waals surface area contributed by atoms with E-state index in [1.165, 1.54) is 37.7 Å². The molecule has 0 aromatic heterocycles. The Labute approximate surface area is 97.9 Å². The highest BCUT2D eigenvalue weighted by molar-refractivity contribution is 7.79. The minimum absolute atomic E-state index is 0.375. The quantitative estimate of drug-likeness (QED) is 0.691. The molecule has 0 spiro atoms. The summed E-state index contributed by atoms with van der Waals surface area (Å²) < 4.78 is 0. The highest BCUT2D eigenvalue weighted by atomic mass is 32.1. The summed E-state index contributed by atoms with van der Waals surface area (Å²) in [6.07, 6.45) is 8.47. The number of thiol groups is 1. The molecule has 0 unspecified atom stereocenters. The van der Waals surface area contributed by atoms with E-state index in [4.69, 9.17) is 5.11 Å². The minimum atomic E-state index is 0.375.